The van der Waals surface area contributed by atoms with Crippen molar-refractivity contribution in [3.05, 3.63) is 59.4 Å². The molecule has 0 bridgehead atoms. The molecule has 0 radical (unpaired) electrons. The van der Waals surface area contributed by atoms with Gasteiger partial charge in [0, 0.05) is 10.6 Å². The summed E-state index contributed by atoms with van der Waals surface area (Å²) in [5.41, 5.74) is 0.552. The molecule has 1 atom stereocenters. The molecule has 1 unspecified atom stereocenters. The molecule has 25 heavy (non-hydrogen) atoms. The third-order valence-electron chi connectivity index (χ3n) is 3.30. The molecule has 0 fully saturated rings. The number of hydrogen-bond donors (Lipinski definition) is 0. The van der Waals surface area contributed by atoms with Gasteiger partial charge in [0.2, 0.25) is 19.1 Å². The van der Waals surface area contributed by atoms with E-state index in [2.05, 4.69) is 4.98 Å². The van der Waals surface area contributed by atoms with Crippen LogP contribution in [0.15, 0.2) is 62.7 Å². The highest BCUT2D eigenvalue weighted by atomic mass is 35.5. The smallest absolute Gasteiger partial charge is 0.246 e. The minimum absolute atomic E-state index is 0.0135. The lowest BCUT2D eigenvalue weighted by Gasteiger charge is -2.05. The number of hydrogen-bond acceptors (Lipinski definition) is 5. The van der Waals surface area contributed by atoms with E-state index in [0.29, 0.717) is 15.6 Å². The molecule has 0 N–H and O–H groups in total. The summed E-state index contributed by atoms with van der Waals surface area (Å²) in [5.74, 6) is -0.409. The second-order valence-electron chi connectivity index (χ2n) is 5.03. The molecular weight excluding hydrogens is 405 g/mol. The van der Waals surface area contributed by atoms with Crippen molar-refractivity contribution in [3.63, 3.8) is 0 Å². The zero-order valence-electron chi connectivity index (χ0n) is 12.8. The van der Waals surface area contributed by atoms with Crippen LogP contribution in [0.4, 0.5) is 4.39 Å². The van der Waals surface area contributed by atoms with Gasteiger partial charge in [-0.25, -0.2) is 17.8 Å². The lowest BCUT2D eigenvalue weighted by atomic mass is 10.2. The summed E-state index contributed by atoms with van der Waals surface area (Å²) >= 11 is 5.27. The van der Waals surface area contributed by atoms with Gasteiger partial charge >= 0.3 is 0 Å². The van der Waals surface area contributed by atoms with E-state index in [9.17, 15) is 17.4 Å². The van der Waals surface area contributed by atoms with Gasteiger partial charge in [-0.2, -0.15) is 0 Å². The Kier molecular flexibility index (Phi) is 5.17. The van der Waals surface area contributed by atoms with Gasteiger partial charge < -0.3 is 4.55 Å². The van der Waals surface area contributed by atoms with Crippen molar-refractivity contribution in [2.45, 2.75) is 14.1 Å². The molecule has 0 aliphatic heterocycles. The molecule has 0 saturated carbocycles. The molecule has 2 aromatic carbocycles. The van der Waals surface area contributed by atoms with Crippen LogP contribution in [0.5, 0.6) is 0 Å². The third-order valence-corrected chi connectivity index (χ3v) is 8.07. The highest BCUT2D eigenvalue weighted by Crippen LogP contribution is 2.36. The van der Waals surface area contributed by atoms with Crippen LogP contribution in [0.3, 0.4) is 0 Å². The van der Waals surface area contributed by atoms with Gasteiger partial charge in [-0.15, -0.1) is 0 Å². The molecule has 3 rings (SSSR count). The second-order valence-corrected chi connectivity index (χ2v) is 9.91. The van der Waals surface area contributed by atoms with Crippen LogP contribution < -0.4 is 0 Å². The average Bonchev–Trinajstić information content (AvgIpc) is 3.02. The fourth-order valence-corrected chi connectivity index (χ4v) is 6.25. The molecule has 0 amide bonds. The van der Waals surface area contributed by atoms with E-state index in [1.54, 1.807) is 0 Å². The highest BCUT2D eigenvalue weighted by Gasteiger charge is 2.31. The Balaban J connectivity index is 2.14. The van der Waals surface area contributed by atoms with E-state index in [1.807, 2.05) is 0 Å². The molecule has 0 saturated heterocycles. The molecule has 0 spiro atoms. The van der Waals surface area contributed by atoms with E-state index in [-0.39, 0.29) is 14.1 Å². The summed E-state index contributed by atoms with van der Waals surface area (Å²) in [7, 11) is -3.95. The van der Waals surface area contributed by atoms with Gasteiger partial charge in [0.15, 0.2) is 0 Å². The number of nitrogens with zero attached hydrogens (tertiary/aromatic N) is 1. The van der Waals surface area contributed by atoms with E-state index in [4.69, 9.17) is 11.6 Å². The molecule has 9 heteroatoms. The summed E-state index contributed by atoms with van der Waals surface area (Å²) < 4.78 is 51.0. The van der Waals surface area contributed by atoms with Gasteiger partial charge in [0.25, 0.3) is 0 Å². The van der Waals surface area contributed by atoms with Crippen molar-refractivity contribution >= 4 is 44.0 Å². The normalized spacial score (nSPS) is 13.0. The maximum atomic E-state index is 13.1. The topological polar surface area (TPSA) is 70.1 Å². The van der Waals surface area contributed by atoms with Gasteiger partial charge in [0.1, 0.15) is 17.1 Å². The number of sulfone groups is 1. The predicted octanol–water partition coefficient (Wildman–Crippen LogP) is 4.17. The Morgan fingerprint density at radius 1 is 1.12 bits per heavy atom. The molecule has 1 heterocycles. The third kappa shape index (κ3) is 3.73. The summed E-state index contributed by atoms with van der Waals surface area (Å²) in [4.78, 5) is 4.20. The quantitative estimate of drug-likeness (QED) is 0.599. The molecule has 130 valence electrons. The van der Waals surface area contributed by atoms with E-state index < -0.39 is 26.8 Å². The van der Waals surface area contributed by atoms with Crippen LogP contribution in [0, 0.1) is 5.82 Å². The van der Waals surface area contributed by atoms with Crippen molar-refractivity contribution in [3.8, 4) is 10.6 Å². The zero-order chi connectivity index (χ0) is 18.2. The minimum atomic E-state index is -3.95. The largest absolute Gasteiger partial charge is 0.611 e. The van der Waals surface area contributed by atoms with Crippen LogP contribution in [0.2, 0.25) is 5.02 Å². The molecule has 4 nitrogen and oxygen atoms in total. The number of benzene rings is 2. The molecule has 0 aliphatic rings. The fraction of sp³-hybridized carbons (Fsp3) is 0.0625. The van der Waals surface area contributed by atoms with Gasteiger partial charge in [-0.05, 0) is 59.7 Å². The Morgan fingerprint density at radius 2 is 1.72 bits per heavy atom. The Morgan fingerprint density at radius 3 is 2.28 bits per heavy atom. The predicted molar refractivity (Wildman–Crippen MR) is 96.7 cm³/mol. The van der Waals surface area contributed by atoms with E-state index >= 15 is 0 Å². The lowest BCUT2D eigenvalue weighted by Crippen LogP contribution is -2.08. The molecule has 0 aliphatic carbocycles. The van der Waals surface area contributed by atoms with Crippen molar-refractivity contribution < 1.29 is 17.4 Å². The zero-order valence-corrected chi connectivity index (χ0v) is 16.0. The lowest BCUT2D eigenvalue weighted by molar-refractivity contribution is 0.584. The fourth-order valence-electron chi connectivity index (χ4n) is 2.08. The first-order chi connectivity index (χ1) is 11.8. The SMILES string of the molecule is C[S+]([O-])c1sc(-c2ccc(F)cc2)nc1S(=O)(=O)c1ccc(Cl)cc1. The van der Waals surface area contributed by atoms with Crippen LogP contribution >= 0.6 is 22.9 Å². The first-order valence-electron chi connectivity index (χ1n) is 6.90. The number of rotatable bonds is 4. The minimum Gasteiger partial charge on any atom is -0.611 e. The summed E-state index contributed by atoms with van der Waals surface area (Å²) in [5, 5.41) is 0.515. The van der Waals surface area contributed by atoms with Gasteiger partial charge in [0.05, 0.1) is 4.90 Å². The monoisotopic (exact) mass is 415 g/mol. The molecule has 1 aromatic heterocycles. The van der Waals surface area contributed by atoms with Crippen LogP contribution in [-0.2, 0) is 21.0 Å². The standard InChI is InChI=1S/C16H11ClFNO3S3/c1-24(20)16-15(25(21,22)13-8-4-11(17)5-9-13)19-14(23-16)10-2-6-12(18)7-3-10/h2-9H,1H3. The van der Waals surface area contributed by atoms with Crippen molar-refractivity contribution in [2.75, 3.05) is 6.26 Å². The van der Waals surface area contributed by atoms with Crippen molar-refractivity contribution in [2.24, 2.45) is 0 Å². The Bertz CT molecular complexity index is 1000. The van der Waals surface area contributed by atoms with E-state index in [1.165, 1.54) is 54.8 Å². The molecular formula is C16H11ClFNO3S3. The summed E-state index contributed by atoms with van der Waals surface area (Å²) in [6, 6.07) is 11.2. The van der Waals surface area contributed by atoms with Crippen molar-refractivity contribution in [1.82, 2.24) is 4.98 Å². The number of halogens is 2. The Labute approximate surface area is 156 Å². The van der Waals surface area contributed by atoms with Gasteiger partial charge in [-0.3, -0.25) is 0 Å². The van der Waals surface area contributed by atoms with Crippen molar-refractivity contribution in [1.29, 1.82) is 0 Å². The second kappa shape index (κ2) is 7.05. The Hall–Kier alpha value is -1.45. The maximum Gasteiger partial charge on any atom is 0.246 e. The van der Waals surface area contributed by atoms with Gasteiger partial charge in [-0.1, -0.05) is 22.9 Å². The molecule has 3 aromatic rings. The maximum absolute atomic E-state index is 13.1. The first-order valence-corrected chi connectivity index (χ1v) is 11.1. The van der Waals surface area contributed by atoms with E-state index in [0.717, 1.165) is 11.3 Å². The van der Waals surface area contributed by atoms with Crippen LogP contribution in [-0.4, -0.2) is 24.2 Å². The number of thiazole rings is 1. The summed E-state index contributed by atoms with van der Waals surface area (Å²) in [6.45, 7) is 0. The van der Waals surface area contributed by atoms with Crippen LogP contribution in [0.25, 0.3) is 10.6 Å². The first kappa shape index (κ1) is 18.3. The highest BCUT2D eigenvalue weighted by molar-refractivity contribution is 7.95. The number of aromatic nitrogens is 1. The van der Waals surface area contributed by atoms with Crippen LogP contribution in [0.1, 0.15) is 0 Å². The summed E-state index contributed by atoms with van der Waals surface area (Å²) in [6.07, 6.45) is 1.39. The average molecular weight is 416 g/mol.